The van der Waals surface area contributed by atoms with E-state index in [1.54, 1.807) is 35.1 Å². The Labute approximate surface area is 225 Å². The lowest BCUT2D eigenvalue weighted by atomic mass is 10.0. The average molecular weight is 524 g/mol. The minimum absolute atomic E-state index is 0.102. The van der Waals surface area contributed by atoms with Crippen LogP contribution in [0.15, 0.2) is 66.0 Å². The van der Waals surface area contributed by atoms with Gasteiger partial charge in [0.05, 0.1) is 36.6 Å². The van der Waals surface area contributed by atoms with Gasteiger partial charge in [-0.25, -0.2) is 15.0 Å². The zero-order valence-corrected chi connectivity index (χ0v) is 22.2. The quantitative estimate of drug-likeness (QED) is 0.269. The molecule has 0 amide bonds. The predicted molar refractivity (Wildman–Crippen MR) is 146 cm³/mol. The fourth-order valence-electron chi connectivity index (χ4n) is 4.44. The standard InChI is InChI=1S/C28H29N9O2/c1-4-6-12-24-22(28(38)36(5-2)27(33-24)26-29-16-20(39-3)17-30-26)15-19-10-9-13-23(32-19)21-11-7-8-14-25(21)37-18-31-34-35-37/h7-11,13-14,16-18H,4-6,12,15H2,1-3H3. The summed E-state index contributed by atoms with van der Waals surface area (Å²) >= 11 is 0. The Kier molecular flexibility index (Phi) is 7.76. The van der Waals surface area contributed by atoms with Crippen LogP contribution in [0.5, 0.6) is 5.75 Å². The van der Waals surface area contributed by atoms with Gasteiger partial charge in [0.1, 0.15) is 6.33 Å². The summed E-state index contributed by atoms with van der Waals surface area (Å²) in [6.07, 6.45) is 7.63. The molecule has 0 unspecified atom stereocenters. The van der Waals surface area contributed by atoms with Crippen LogP contribution in [0, 0.1) is 0 Å². The van der Waals surface area contributed by atoms with Crippen LogP contribution in [0.3, 0.4) is 0 Å². The third kappa shape index (κ3) is 5.42. The number of ether oxygens (including phenoxy) is 1. The fraction of sp³-hybridized carbons (Fsp3) is 0.286. The van der Waals surface area contributed by atoms with Gasteiger partial charge in [0.25, 0.3) is 5.56 Å². The van der Waals surface area contributed by atoms with Gasteiger partial charge >= 0.3 is 0 Å². The third-order valence-corrected chi connectivity index (χ3v) is 6.44. The van der Waals surface area contributed by atoms with Gasteiger partial charge in [-0.05, 0) is 48.4 Å². The highest BCUT2D eigenvalue weighted by Crippen LogP contribution is 2.25. The van der Waals surface area contributed by atoms with Crippen LogP contribution in [0.1, 0.15) is 43.6 Å². The van der Waals surface area contributed by atoms with E-state index in [1.807, 2.05) is 49.4 Å². The lowest BCUT2D eigenvalue weighted by molar-refractivity contribution is 0.411. The van der Waals surface area contributed by atoms with Gasteiger partial charge in [0.2, 0.25) is 0 Å². The molecule has 11 heteroatoms. The van der Waals surface area contributed by atoms with E-state index in [2.05, 4.69) is 32.4 Å². The SMILES string of the molecule is CCCCc1nc(-c2ncc(OC)cn2)n(CC)c(=O)c1Cc1cccc(-c2ccccc2-n2cnnn2)n1. The van der Waals surface area contributed by atoms with Crippen molar-refractivity contribution < 1.29 is 4.74 Å². The molecule has 5 aromatic rings. The van der Waals surface area contributed by atoms with Gasteiger partial charge in [0, 0.05) is 29.8 Å². The molecule has 0 bridgehead atoms. The smallest absolute Gasteiger partial charge is 0.257 e. The molecule has 11 nitrogen and oxygen atoms in total. The minimum atomic E-state index is -0.102. The number of unbranched alkanes of at least 4 members (excludes halogenated alkanes) is 1. The molecule has 0 aliphatic heterocycles. The van der Waals surface area contributed by atoms with Crippen molar-refractivity contribution in [3.63, 3.8) is 0 Å². The summed E-state index contributed by atoms with van der Waals surface area (Å²) in [6, 6.07) is 13.6. The summed E-state index contributed by atoms with van der Waals surface area (Å²) in [5.74, 6) is 1.38. The molecule has 39 heavy (non-hydrogen) atoms. The monoisotopic (exact) mass is 523 g/mol. The number of benzene rings is 1. The van der Waals surface area contributed by atoms with Crippen molar-refractivity contribution in [1.82, 2.24) is 44.7 Å². The van der Waals surface area contributed by atoms with Crippen molar-refractivity contribution in [3.05, 3.63) is 88.5 Å². The van der Waals surface area contributed by atoms with Crippen molar-refractivity contribution in [3.8, 4) is 34.3 Å². The highest BCUT2D eigenvalue weighted by molar-refractivity contribution is 5.69. The summed E-state index contributed by atoms with van der Waals surface area (Å²) in [7, 11) is 1.56. The predicted octanol–water partition coefficient (Wildman–Crippen LogP) is 3.70. The molecule has 0 saturated carbocycles. The van der Waals surface area contributed by atoms with E-state index in [4.69, 9.17) is 14.7 Å². The molecule has 4 aromatic heterocycles. The van der Waals surface area contributed by atoms with Crippen LogP contribution < -0.4 is 10.3 Å². The van der Waals surface area contributed by atoms with Gasteiger partial charge in [-0.2, -0.15) is 4.68 Å². The number of hydrogen-bond acceptors (Lipinski definition) is 9. The Morgan fingerprint density at radius 3 is 2.51 bits per heavy atom. The Balaban J connectivity index is 1.56. The largest absolute Gasteiger partial charge is 0.494 e. The van der Waals surface area contributed by atoms with Crippen molar-refractivity contribution in [2.24, 2.45) is 0 Å². The molecule has 0 aliphatic carbocycles. The molecular weight excluding hydrogens is 494 g/mol. The Morgan fingerprint density at radius 2 is 1.79 bits per heavy atom. The number of para-hydroxylation sites is 1. The van der Waals surface area contributed by atoms with Crippen LogP contribution in [0.25, 0.3) is 28.6 Å². The normalized spacial score (nSPS) is 11.1. The molecular formula is C28H29N9O2. The maximum atomic E-state index is 13.9. The Hall–Kier alpha value is -4.80. The van der Waals surface area contributed by atoms with Gasteiger partial charge in [-0.3, -0.25) is 14.3 Å². The number of hydrogen-bond donors (Lipinski definition) is 0. The maximum absolute atomic E-state index is 13.9. The molecule has 4 heterocycles. The van der Waals surface area contributed by atoms with E-state index in [-0.39, 0.29) is 5.56 Å². The first-order chi connectivity index (χ1) is 19.1. The minimum Gasteiger partial charge on any atom is -0.494 e. The number of methoxy groups -OCH3 is 1. The lowest BCUT2D eigenvalue weighted by Crippen LogP contribution is -2.29. The number of rotatable bonds is 10. The van der Waals surface area contributed by atoms with E-state index in [0.29, 0.717) is 42.3 Å². The second-order valence-corrected chi connectivity index (χ2v) is 8.92. The van der Waals surface area contributed by atoms with E-state index >= 15 is 0 Å². The van der Waals surface area contributed by atoms with Crippen LogP contribution in [-0.2, 0) is 19.4 Å². The molecule has 0 atom stereocenters. The summed E-state index contributed by atoms with van der Waals surface area (Å²) in [5.41, 5.74) is 4.52. The first-order valence-corrected chi connectivity index (χ1v) is 12.9. The number of aromatic nitrogens is 9. The molecule has 198 valence electrons. The molecule has 0 aliphatic rings. The zero-order valence-electron chi connectivity index (χ0n) is 22.2. The maximum Gasteiger partial charge on any atom is 0.257 e. The average Bonchev–Trinajstić information content (AvgIpc) is 3.53. The van der Waals surface area contributed by atoms with Crippen molar-refractivity contribution in [2.75, 3.05) is 7.11 Å². The van der Waals surface area contributed by atoms with E-state index in [0.717, 1.165) is 41.2 Å². The molecule has 0 spiro atoms. The summed E-state index contributed by atoms with van der Waals surface area (Å²) in [6.45, 7) is 4.47. The van der Waals surface area contributed by atoms with Gasteiger partial charge in [-0.1, -0.05) is 37.6 Å². The van der Waals surface area contributed by atoms with Crippen LogP contribution in [0.2, 0.25) is 0 Å². The summed E-state index contributed by atoms with van der Waals surface area (Å²) in [5, 5.41) is 11.5. The fourth-order valence-corrected chi connectivity index (χ4v) is 4.44. The van der Waals surface area contributed by atoms with Crippen LogP contribution >= 0.6 is 0 Å². The second-order valence-electron chi connectivity index (χ2n) is 8.92. The van der Waals surface area contributed by atoms with Gasteiger partial charge in [0.15, 0.2) is 17.4 Å². The summed E-state index contributed by atoms with van der Waals surface area (Å²) in [4.78, 5) is 32.5. The topological polar surface area (TPSA) is 126 Å². The molecule has 1 aromatic carbocycles. The number of aryl methyl sites for hydroxylation is 1. The molecule has 5 rings (SSSR count). The van der Waals surface area contributed by atoms with E-state index in [1.165, 1.54) is 0 Å². The highest BCUT2D eigenvalue weighted by Gasteiger charge is 2.20. The third-order valence-electron chi connectivity index (χ3n) is 6.44. The number of nitrogens with zero attached hydrogens (tertiary/aromatic N) is 9. The van der Waals surface area contributed by atoms with Gasteiger partial charge < -0.3 is 4.74 Å². The van der Waals surface area contributed by atoms with Crippen molar-refractivity contribution in [1.29, 1.82) is 0 Å². The van der Waals surface area contributed by atoms with Crippen molar-refractivity contribution >= 4 is 0 Å². The molecule has 0 N–H and O–H groups in total. The first-order valence-electron chi connectivity index (χ1n) is 12.9. The highest BCUT2D eigenvalue weighted by atomic mass is 16.5. The lowest BCUT2D eigenvalue weighted by Gasteiger charge is -2.16. The zero-order chi connectivity index (χ0) is 27.2. The van der Waals surface area contributed by atoms with Crippen LogP contribution in [-0.4, -0.2) is 51.8 Å². The Morgan fingerprint density at radius 1 is 0.974 bits per heavy atom. The van der Waals surface area contributed by atoms with Crippen LogP contribution in [0.4, 0.5) is 0 Å². The number of tetrazole rings is 1. The summed E-state index contributed by atoms with van der Waals surface area (Å²) < 4.78 is 8.42. The Bertz CT molecular complexity index is 1610. The second kappa shape index (κ2) is 11.7. The number of pyridine rings is 1. The van der Waals surface area contributed by atoms with Gasteiger partial charge in [-0.15, -0.1) is 5.10 Å². The molecule has 0 radical (unpaired) electrons. The molecule has 0 fully saturated rings. The van der Waals surface area contributed by atoms with E-state index < -0.39 is 0 Å². The van der Waals surface area contributed by atoms with E-state index in [9.17, 15) is 4.79 Å². The van der Waals surface area contributed by atoms with Crippen molar-refractivity contribution in [2.45, 2.75) is 46.1 Å². The first kappa shape index (κ1) is 25.8. The molecule has 0 saturated heterocycles.